The third kappa shape index (κ3) is 6.07. The molecule has 1 fully saturated rings. The number of unbranched alkanes of at least 4 members (excludes halogenated alkanes) is 1. The van der Waals surface area contributed by atoms with Gasteiger partial charge in [0.1, 0.15) is 12.3 Å². The van der Waals surface area contributed by atoms with Crippen LogP contribution in [0.1, 0.15) is 33.1 Å². The smallest absolute Gasteiger partial charge is 0.305 e. The molecule has 0 aliphatic carbocycles. The van der Waals surface area contributed by atoms with Gasteiger partial charge in [0.2, 0.25) is 6.41 Å². The number of esters is 1. The molecular formula is C24H34N4O3S. The highest BCUT2D eigenvalue weighted by atomic mass is 32.2. The summed E-state index contributed by atoms with van der Waals surface area (Å²) in [6.07, 6.45) is 3.14. The summed E-state index contributed by atoms with van der Waals surface area (Å²) in [5.41, 5.74) is 1.64. The maximum Gasteiger partial charge on any atom is 0.305 e. The third-order valence-electron chi connectivity index (χ3n) is 5.72. The average molecular weight is 459 g/mol. The lowest BCUT2D eigenvalue weighted by Crippen LogP contribution is -2.49. The molecule has 0 spiro atoms. The van der Waals surface area contributed by atoms with Crippen molar-refractivity contribution in [2.75, 3.05) is 35.8 Å². The van der Waals surface area contributed by atoms with Gasteiger partial charge in [0, 0.05) is 40.7 Å². The number of likely N-dealkylation sites (N-methyl/N-ethyl adjacent to an activating group) is 1. The molecule has 8 heteroatoms. The number of anilines is 2. The monoisotopic (exact) mass is 458 g/mol. The average Bonchev–Trinajstić information content (AvgIpc) is 3.24. The van der Waals surface area contributed by atoms with Crippen molar-refractivity contribution in [1.82, 2.24) is 10.6 Å². The van der Waals surface area contributed by atoms with Gasteiger partial charge in [-0.25, -0.2) is 0 Å². The molecule has 1 amide bonds. The molecule has 0 aromatic heterocycles. The summed E-state index contributed by atoms with van der Waals surface area (Å²) in [6.45, 7) is 4.37. The van der Waals surface area contributed by atoms with Crippen LogP contribution in [0.2, 0.25) is 0 Å². The van der Waals surface area contributed by atoms with Crippen LogP contribution in [0, 0.1) is 0 Å². The highest BCUT2D eigenvalue weighted by Gasteiger charge is 2.31. The number of nitrogens with one attached hydrogen (secondary N) is 4. The second kappa shape index (κ2) is 11.4. The Bertz CT molecular complexity index is 883. The Morgan fingerprint density at radius 2 is 1.84 bits per heavy atom. The molecule has 0 bridgehead atoms. The summed E-state index contributed by atoms with van der Waals surface area (Å²) >= 11 is 1.87. The fourth-order valence-corrected chi connectivity index (χ4v) is 5.33. The van der Waals surface area contributed by atoms with Gasteiger partial charge in [0.15, 0.2) is 0 Å². The van der Waals surface area contributed by atoms with Crippen molar-refractivity contribution in [3.8, 4) is 0 Å². The van der Waals surface area contributed by atoms with Crippen LogP contribution in [-0.2, 0) is 14.3 Å². The first-order valence-corrected chi connectivity index (χ1v) is 12.3. The second-order valence-corrected chi connectivity index (χ2v) is 9.45. The summed E-state index contributed by atoms with van der Waals surface area (Å²) < 4.78 is 5.43. The van der Waals surface area contributed by atoms with E-state index in [1.54, 1.807) is 0 Å². The van der Waals surface area contributed by atoms with Crippen LogP contribution in [0.3, 0.4) is 0 Å². The minimum absolute atomic E-state index is 0.135. The summed E-state index contributed by atoms with van der Waals surface area (Å²) in [4.78, 5) is 21.8. The van der Waals surface area contributed by atoms with E-state index in [2.05, 4.69) is 52.5 Å². The lowest BCUT2D eigenvalue weighted by Gasteiger charge is -2.38. The molecule has 2 aliphatic rings. The Hall–Kier alpha value is -2.45. The number of ether oxygens (including phenoxy) is 1. The summed E-state index contributed by atoms with van der Waals surface area (Å²) in [7, 11) is 1.93. The molecule has 0 saturated carbocycles. The van der Waals surface area contributed by atoms with E-state index in [1.807, 2.05) is 37.9 Å². The van der Waals surface area contributed by atoms with E-state index in [1.165, 1.54) is 10.8 Å². The molecule has 32 heavy (non-hydrogen) atoms. The Morgan fingerprint density at radius 1 is 1.19 bits per heavy atom. The number of hydrogen-bond acceptors (Lipinski definition) is 7. The van der Waals surface area contributed by atoms with Gasteiger partial charge in [0.25, 0.3) is 0 Å². The van der Waals surface area contributed by atoms with Crippen molar-refractivity contribution >= 4 is 46.3 Å². The van der Waals surface area contributed by atoms with Crippen molar-refractivity contribution in [1.29, 1.82) is 0 Å². The SMILES string of the molecule is CCCCC(=O)OCC1(C)Nc2cccc3cccc(c23)N1.CN[C@H]1CSC[C@H]1NC=O. The fraction of sp³-hybridized carbons (Fsp3) is 0.500. The molecule has 2 aromatic rings. The van der Waals surface area contributed by atoms with Gasteiger partial charge in [-0.1, -0.05) is 37.6 Å². The molecule has 2 aliphatic heterocycles. The third-order valence-corrected chi connectivity index (χ3v) is 6.91. The topological polar surface area (TPSA) is 91.5 Å². The van der Waals surface area contributed by atoms with Crippen molar-refractivity contribution in [3.05, 3.63) is 36.4 Å². The second-order valence-electron chi connectivity index (χ2n) is 8.38. The first-order chi connectivity index (χ1) is 15.5. The van der Waals surface area contributed by atoms with E-state index in [0.29, 0.717) is 25.1 Å². The lowest BCUT2D eigenvalue weighted by molar-refractivity contribution is -0.144. The van der Waals surface area contributed by atoms with E-state index >= 15 is 0 Å². The zero-order chi connectivity index (χ0) is 23.0. The van der Waals surface area contributed by atoms with Crippen molar-refractivity contribution < 1.29 is 14.3 Å². The summed E-state index contributed by atoms with van der Waals surface area (Å²) in [6, 6.07) is 13.2. The molecule has 0 radical (unpaired) electrons. The van der Waals surface area contributed by atoms with Crippen LogP contribution in [0.5, 0.6) is 0 Å². The van der Waals surface area contributed by atoms with Crippen LogP contribution in [0.15, 0.2) is 36.4 Å². The van der Waals surface area contributed by atoms with E-state index in [4.69, 9.17) is 4.74 Å². The highest BCUT2D eigenvalue weighted by molar-refractivity contribution is 7.99. The van der Waals surface area contributed by atoms with Crippen LogP contribution in [0.25, 0.3) is 10.8 Å². The predicted molar refractivity (Wildman–Crippen MR) is 133 cm³/mol. The van der Waals surface area contributed by atoms with E-state index in [0.717, 1.165) is 42.1 Å². The standard InChI is InChI=1S/C18H22N2O2.C6H12N2OS/c1-3-4-11-16(21)22-12-18(2)19-14-9-5-7-13-8-6-10-15(20-18)17(13)14;1-7-5-2-10-3-6(5)8-4-9/h5-10,19-20H,3-4,11-12H2,1-2H3;4-7H,2-3H2,1H3,(H,8,9)/t;5-,6+/m.0/s1. The van der Waals surface area contributed by atoms with E-state index in [9.17, 15) is 9.59 Å². The minimum atomic E-state index is -0.496. The van der Waals surface area contributed by atoms with E-state index < -0.39 is 5.66 Å². The predicted octanol–water partition coefficient (Wildman–Crippen LogP) is 3.56. The Labute approximate surface area is 194 Å². The van der Waals surface area contributed by atoms with Gasteiger partial charge in [-0.15, -0.1) is 0 Å². The molecule has 0 unspecified atom stereocenters. The van der Waals surface area contributed by atoms with Gasteiger partial charge in [-0.05, 0) is 37.9 Å². The fourth-order valence-electron chi connectivity index (χ4n) is 3.96. The number of benzene rings is 2. The Morgan fingerprint density at radius 3 is 2.44 bits per heavy atom. The van der Waals surface area contributed by atoms with Gasteiger partial charge < -0.3 is 26.0 Å². The van der Waals surface area contributed by atoms with Crippen LogP contribution < -0.4 is 21.3 Å². The quantitative estimate of drug-likeness (QED) is 0.355. The highest BCUT2D eigenvalue weighted by Crippen LogP contribution is 2.37. The zero-order valence-electron chi connectivity index (χ0n) is 19.1. The zero-order valence-corrected chi connectivity index (χ0v) is 19.9. The Balaban J connectivity index is 0.000000243. The molecule has 1 saturated heterocycles. The minimum Gasteiger partial charge on any atom is -0.461 e. The first kappa shape index (κ1) is 24.2. The maximum absolute atomic E-state index is 11.7. The molecule has 4 N–H and O–H groups in total. The van der Waals surface area contributed by atoms with Crippen molar-refractivity contribution in [3.63, 3.8) is 0 Å². The molecule has 2 aromatic carbocycles. The molecule has 2 atom stereocenters. The molecular weight excluding hydrogens is 424 g/mol. The number of amides is 1. The maximum atomic E-state index is 11.7. The molecule has 2 heterocycles. The molecule has 4 rings (SSSR count). The van der Waals surface area contributed by atoms with Gasteiger partial charge in [-0.3, -0.25) is 9.59 Å². The number of hydrogen-bond donors (Lipinski definition) is 4. The molecule has 7 nitrogen and oxygen atoms in total. The molecule has 174 valence electrons. The first-order valence-electron chi connectivity index (χ1n) is 11.2. The lowest BCUT2D eigenvalue weighted by atomic mass is 10.0. The Kier molecular flexibility index (Phi) is 8.64. The number of rotatable bonds is 8. The number of carbonyl (C=O) groups is 2. The summed E-state index contributed by atoms with van der Waals surface area (Å²) in [5, 5.41) is 15.2. The normalized spacial score (nSPS) is 20.3. The van der Waals surface area contributed by atoms with Gasteiger partial charge in [0.05, 0.1) is 6.04 Å². The van der Waals surface area contributed by atoms with E-state index in [-0.39, 0.29) is 5.97 Å². The van der Waals surface area contributed by atoms with Crippen LogP contribution in [-0.4, -0.2) is 55.3 Å². The largest absolute Gasteiger partial charge is 0.461 e. The number of carbonyl (C=O) groups excluding carboxylic acids is 2. The van der Waals surface area contributed by atoms with Crippen LogP contribution >= 0.6 is 11.8 Å². The van der Waals surface area contributed by atoms with Crippen molar-refractivity contribution in [2.45, 2.75) is 50.9 Å². The van der Waals surface area contributed by atoms with Crippen molar-refractivity contribution in [2.24, 2.45) is 0 Å². The van der Waals surface area contributed by atoms with Gasteiger partial charge >= 0.3 is 5.97 Å². The van der Waals surface area contributed by atoms with Gasteiger partial charge in [-0.2, -0.15) is 11.8 Å². The number of thioether (sulfide) groups is 1. The summed E-state index contributed by atoms with van der Waals surface area (Å²) in [5.74, 6) is 2.00. The van der Waals surface area contributed by atoms with Crippen LogP contribution in [0.4, 0.5) is 11.4 Å².